The number of aryl methyl sites for hydroxylation is 2. The number of Topliss-reactive ketones (excluding diaryl/α,β-unsaturated/α-hetero) is 1. The summed E-state index contributed by atoms with van der Waals surface area (Å²) < 4.78 is 5.40. The van der Waals surface area contributed by atoms with E-state index in [0.717, 1.165) is 12.8 Å². The van der Waals surface area contributed by atoms with Gasteiger partial charge >= 0.3 is 5.97 Å². The van der Waals surface area contributed by atoms with Crippen molar-refractivity contribution in [2.24, 2.45) is 0 Å². The van der Waals surface area contributed by atoms with E-state index >= 15 is 0 Å². The second kappa shape index (κ2) is 6.44. The maximum atomic E-state index is 12.3. The van der Waals surface area contributed by atoms with Crippen molar-refractivity contribution in [1.29, 1.82) is 0 Å². The highest BCUT2D eigenvalue weighted by Crippen LogP contribution is 2.29. The van der Waals surface area contributed by atoms with Gasteiger partial charge in [-0.1, -0.05) is 6.42 Å². The summed E-state index contributed by atoms with van der Waals surface area (Å²) in [5.41, 5.74) is 1.92. The molecule has 22 heavy (non-hydrogen) atoms. The normalized spacial score (nSPS) is 14.0. The molecule has 0 N–H and O–H groups in total. The number of esters is 1. The number of hydrogen-bond donors (Lipinski definition) is 0. The van der Waals surface area contributed by atoms with Crippen LogP contribution in [-0.2, 0) is 12.8 Å². The second-order valence-electron chi connectivity index (χ2n) is 5.59. The van der Waals surface area contributed by atoms with Crippen molar-refractivity contribution in [2.45, 2.75) is 39.0 Å². The van der Waals surface area contributed by atoms with Crippen molar-refractivity contribution >= 4 is 23.1 Å². The van der Waals surface area contributed by atoms with Crippen LogP contribution in [0.5, 0.6) is 5.75 Å². The Morgan fingerprint density at radius 1 is 1.05 bits per heavy atom. The number of fused-ring (bicyclic) bond motifs is 1. The second-order valence-corrected chi connectivity index (χ2v) is 6.73. The Hall–Kier alpha value is -1.94. The highest BCUT2D eigenvalue weighted by molar-refractivity contribution is 7.14. The third-order valence-electron chi connectivity index (χ3n) is 3.92. The van der Waals surface area contributed by atoms with Crippen LogP contribution in [0.3, 0.4) is 0 Å². The van der Waals surface area contributed by atoms with Gasteiger partial charge in [0.25, 0.3) is 0 Å². The number of rotatable bonds is 3. The predicted octanol–water partition coefficient (Wildman–Crippen LogP) is 4.44. The highest BCUT2D eigenvalue weighted by Gasteiger charge is 2.18. The van der Waals surface area contributed by atoms with Crippen molar-refractivity contribution in [3.8, 4) is 5.75 Å². The van der Waals surface area contributed by atoms with Gasteiger partial charge in [0.05, 0.1) is 0 Å². The van der Waals surface area contributed by atoms with Gasteiger partial charge in [-0.05, 0) is 68.5 Å². The zero-order chi connectivity index (χ0) is 15.5. The molecule has 1 aliphatic carbocycles. The van der Waals surface area contributed by atoms with Gasteiger partial charge in [0.2, 0.25) is 0 Å². The van der Waals surface area contributed by atoms with E-state index in [1.807, 2.05) is 6.07 Å². The highest BCUT2D eigenvalue weighted by atomic mass is 32.1. The summed E-state index contributed by atoms with van der Waals surface area (Å²) in [7, 11) is 0. The molecule has 4 heteroatoms. The molecule has 1 heterocycles. The average molecular weight is 314 g/mol. The largest absolute Gasteiger partial charge is 0.422 e. The Kier molecular flexibility index (Phi) is 4.39. The first-order valence-corrected chi connectivity index (χ1v) is 8.40. The molecule has 0 saturated heterocycles. The lowest BCUT2D eigenvalue weighted by Crippen LogP contribution is -2.06. The van der Waals surface area contributed by atoms with Crippen molar-refractivity contribution in [3.05, 3.63) is 51.2 Å². The summed E-state index contributed by atoms with van der Waals surface area (Å²) >= 11 is 1.56. The number of ether oxygens (including phenoxy) is 1. The quantitative estimate of drug-likeness (QED) is 0.364. The minimum absolute atomic E-state index is 0.000117. The van der Waals surface area contributed by atoms with Crippen LogP contribution in [-0.4, -0.2) is 11.8 Å². The summed E-state index contributed by atoms with van der Waals surface area (Å²) in [6.45, 7) is 1.51. The molecule has 3 rings (SSSR count). The summed E-state index contributed by atoms with van der Waals surface area (Å²) in [5, 5.41) is 0. The third-order valence-corrected chi connectivity index (χ3v) is 5.14. The molecule has 0 saturated carbocycles. The van der Waals surface area contributed by atoms with Crippen LogP contribution in [0.15, 0.2) is 30.3 Å². The molecule has 2 aromatic rings. The van der Waals surface area contributed by atoms with Crippen LogP contribution in [0.25, 0.3) is 0 Å². The molecular formula is C18H18O3S. The van der Waals surface area contributed by atoms with Crippen molar-refractivity contribution < 1.29 is 14.3 Å². The molecule has 1 aliphatic rings. The zero-order valence-corrected chi connectivity index (χ0v) is 13.4. The van der Waals surface area contributed by atoms with Gasteiger partial charge in [-0.25, -0.2) is 4.79 Å². The SMILES string of the molecule is CC(=O)c1ccc(OC(=O)c2cc3c(s2)CCCCC3)cc1. The number of thiophene rings is 1. The first kappa shape index (κ1) is 15.0. The fraction of sp³-hybridized carbons (Fsp3) is 0.333. The number of hydrogen-bond acceptors (Lipinski definition) is 4. The van der Waals surface area contributed by atoms with Gasteiger partial charge in [0, 0.05) is 10.4 Å². The Bertz CT molecular complexity index is 674. The van der Waals surface area contributed by atoms with Gasteiger partial charge in [-0.3, -0.25) is 4.79 Å². The number of carbonyl (C=O) groups is 2. The molecular weight excluding hydrogens is 296 g/mol. The first-order chi connectivity index (χ1) is 10.6. The predicted molar refractivity (Wildman–Crippen MR) is 87.0 cm³/mol. The fourth-order valence-electron chi connectivity index (χ4n) is 2.68. The number of carbonyl (C=O) groups excluding carboxylic acids is 2. The summed E-state index contributed by atoms with van der Waals surface area (Å²) in [4.78, 5) is 25.5. The molecule has 3 nitrogen and oxygen atoms in total. The number of ketones is 1. The van der Waals surface area contributed by atoms with E-state index < -0.39 is 0 Å². The summed E-state index contributed by atoms with van der Waals surface area (Å²) in [6, 6.07) is 8.65. The Balaban J connectivity index is 1.73. The van der Waals surface area contributed by atoms with Crippen LogP contribution >= 0.6 is 11.3 Å². The van der Waals surface area contributed by atoms with E-state index in [2.05, 4.69) is 0 Å². The first-order valence-electron chi connectivity index (χ1n) is 7.58. The van der Waals surface area contributed by atoms with Crippen molar-refractivity contribution in [2.75, 3.05) is 0 Å². The zero-order valence-electron chi connectivity index (χ0n) is 12.6. The molecule has 1 aromatic carbocycles. The Morgan fingerprint density at radius 2 is 1.77 bits per heavy atom. The molecule has 0 amide bonds. The molecule has 0 aliphatic heterocycles. The third kappa shape index (κ3) is 3.28. The van der Waals surface area contributed by atoms with Gasteiger partial charge in [-0.15, -0.1) is 11.3 Å². The lowest BCUT2D eigenvalue weighted by atomic mass is 10.1. The maximum absolute atomic E-state index is 12.3. The van der Waals surface area contributed by atoms with Crippen LogP contribution < -0.4 is 4.74 Å². The van der Waals surface area contributed by atoms with Crippen LogP contribution in [0.1, 0.15) is 56.7 Å². The average Bonchev–Trinajstić information content (AvgIpc) is 2.79. The van der Waals surface area contributed by atoms with Crippen molar-refractivity contribution in [1.82, 2.24) is 0 Å². The monoisotopic (exact) mass is 314 g/mol. The molecule has 0 unspecified atom stereocenters. The Morgan fingerprint density at radius 3 is 2.50 bits per heavy atom. The maximum Gasteiger partial charge on any atom is 0.353 e. The van der Waals surface area contributed by atoms with Crippen molar-refractivity contribution in [3.63, 3.8) is 0 Å². The van der Waals surface area contributed by atoms with E-state index in [1.54, 1.807) is 35.6 Å². The van der Waals surface area contributed by atoms with Crippen LogP contribution in [0.4, 0.5) is 0 Å². The molecule has 0 spiro atoms. The molecule has 0 radical (unpaired) electrons. The molecule has 0 bridgehead atoms. The number of benzene rings is 1. The van der Waals surface area contributed by atoms with E-state index in [-0.39, 0.29) is 11.8 Å². The molecule has 1 aromatic heterocycles. The van der Waals surface area contributed by atoms with Crippen LogP contribution in [0, 0.1) is 0 Å². The van der Waals surface area contributed by atoms with E-state index in [1.165, 1.54) is 36.6 Å². The minimum Gasteiger partial charge on any atom is -0.422 e. The fourth-order valence-corrected chi connectivity index (χ4v) is 3.81. The molecule has 0 fully saturated rings. The van der Waals surface area contributed by atoms with Gasteiger partial charge in [0.15, 0.2) is 5.78 Å². The lowest BCUT2D eigenvalue weighted by molar-refractivity contribution is 0.0739. The molecule has 114 valence electrons. The molecule has 0 atom stereocenters. The summed E-state index contributed by atoms with van der Waals surface area (Å²) in [5.74, 6) is 0.159. The summed E-state index contributed by atoms with van der Waals surface area (Å²) in [6.07, 6.45) is 5.80. The van der Waals surface area contributed by atoms with Gasteiger partial charge in [0.1, 0.15) is 10.6 Å². The van der Waals surface area contributed by atoms with E-state index in [4.69, 9.17) is 4.74 Å². The topological polar surface area (TPSA) is 43.4 Å². The Labute approximate surface area is 133 Å². The minimum atomic E-state index is -0.311. The van der Waals surface area contributed by atoms with E-state index in [0.29, 0.717) is 16.2 Å². The smallest absolute Gasteiger partial charge is 0.353 e. The van der Waals surface area contributed by atoms with Gasteiger partial charge < -0.3 is 4.74 Å². The van der Waals surface area contributed by atoms with E-state index in [9.17, 15) is 9.59 Å². The van der Waals surface area contributed by atoms with Gasteiger partial charge in [-0.2, -0.15) is 0 Å². The van der Waals surface area contributed by atoms with Crippen LogP contribution in [0.2, 0.25) is 0 Å². The lowest BCUT2D eigenvalue weighted by Gasteiger charge is -2.03. The standard InChI is InChI=1S/C18H18O3S/c1-12(19)13-7-9-15(10-8-13)21-18(20)17-11-14-5-3-2-4-6-16(14)22-17/h7-11H,2-6H2,1H3.